The zero-order valence-corrected chi connectivity index (χ0v) is 20.6. The number of anilines is 1. The van der Waals surface area contributed by atoms with Crippen LogP contribution in [0.25, 0.3) is 0 Å². The molecule has 1 N–H and O–H groups in total. The van der Waals surface area contributed by atoms with Gasteiger partial charge in [0.05, 0.1) is 19.3 Å². The summed E-state index contributed by atoms with van der Waals surface area (Å²) in [6.07, 6.45) is 2.26. The molecule has 9 nitrogen and oxygen atoms in total. The maximum atomic E-state index is 12.9. The van der Waals surface area contributed by atoms with Crippen LogP contribution in [0.1, 0.15) is 60.6 Å². The number of benzene rings is 1. The lowest BCUT2D eigenvalue weighted by Gasteiger charge is -2.08. The van der Waals surface area contributed by atoms with Crippen LogP contribution in [-0.4, -0.2) is 41.3 Å². The Morgan fingerprint density at radius 3 is 2.44 bits per heavy atom. The number of aryl methyl sites for hydroxylation is 2. The van der Waals surface area contributed by atoms with Gasteiger partial charge in [0.1, 0.15) is 15.6 Å². The van der Waals surface area contributed by atoms with E-state index in [0.717, 1.165) is 22.5 Å². The highest BCUT2D eigenvalue weighted by Gasteiger charge is 2.27. The number of carbonyl (C=O) groups excluding carboxylic acids is 3. The van der Waals surface area contributed by atoms with E-state index in [1.165, 1.54) is 17.9 Å². The molecule has 3 rings (SSSR count). The van der Waals surface area contributed by atoms with Crippen LogP contribution in [0.3, 0.4) is 0 Å². The average molecular weight is 486 g/mol. The molecule has 0 atom stereocenters. The number of rotatable bonds is 9. The molecule has 0 fully saturated rings. The Bertz CT molecular complexity index is 1190. The summed E-state index contributed by atoms with van der Waals surface area (Å²) < 4.78 is 17.3. The van der Waals surface area contributed by atoms with Gasteiger partial charge in [-0.05, 0) is 62.1 Å². The summed E-state index contributed by atoms with van der Waals surface area (Å²) in [6, 6.07) is 7.42. The number of hydrogen-bond donors (Lipinski definition) is 1. The van der Waals surface area contributed by atoms with Crippen molar-refractivity contribution in [2.45, 2.75) is 40.8 Å². The minimum Gasteiger partial charge on any atom is -0.471 e. The first-order chi connectivity index (χ1) is 16.2. The monoisotopic (exact) mass is 485 g/mol. The lowest BCUT2D eigenvalue weighted by atomic mass is 10.1. The Morgan fingerprint density at radius 1 is 1.09 bits per heavy atom. The van der Waals surface area contributed by atoms with E-state index in [4.69, 9.17) is 14.2 Å². The van der Waals surface area contributed by atoms with Gasteiger partial charge in [0.25, 0.3) is 5.91 Å². The maximum absolute atomic E-state index is 12.9. The molecule has 0 radical (unpaired) electrons. The number of nitrogens with zero attached hydrogens (tertiary/aromatic N) is 2. The largest absolute Gasteiger partial charge is 0.471 e. The number of nitrogens with one attached hydrogen (secondary N) is 1. The summed E-state index contributed by atoms with van der Waals surface area (Å²) in [4.78, 5) is 37.8. The van der Waals surface area contributed by atoms with Gasteiger partial charge in [-0.3, -0.25) is 4.79 Å². The highest BCUT2D eigenvalue weighted by Crippen LogP contribution is 2.34. The minimum atomic E-state index is -0.617. The number of thiophene rings is 1. The number of esters is 2. The number of amides is 1. The molecule has 180 valence electrons. The van der Waals surface area contributed by atoms with Crippen molar-refractivity contribution in [1.29, 1.82) is 0 Å². The predicted octanol–water partition coefficient (Wildman–Crippen LogP) is 4.51. The summed E-state index contributed by atoms with van der Waals surface area (Å²) in [5, 5.41) is 7.13. The third-order valence-electron chi connectivity index (χ3n) is 4.82. The van der Waals surface area contributed by atoms with E-state index in [9.17, 15) is 14.4 Å². The Kier molecular flexibility index (Phi) is 8.06. The summed E-state index contributed by atoms with van der Waals surface area (Å²) in [5.74, 6) is -1.04. The van der Waals surface area contributed by atoms with Crippen LogP contribution in [0.4, 0.5) is 5.00 Å². The molecule has 1 amide bonds. The third-order valence-corrected chi connectivity index (χ3v) is 6.01. The van der Waals surface area contributed by atoms with Gasteiger partial charge < -0.3 is 19.5 Å². The standard InChI is InChI=1S/C24H27N3O6S/c1-6-9-32-23(29)19-16(4)20(24(30)31-5)34-22(19)25-21(28)18-7-8-27(26-18)13-33-17-11-14(2)10-15(3)12-17/h7-8,10-12H,6,9,13H2,1-5H3,(H,25,28). The van der Waals surface area contributed by atoms with Crippen molar-refractivity contribution in [2.24, 2.45) is 0 Å². The second-order valence-electron chi connectivity index (χ2n) is 7.68. The highest BCUT2D eigenvalue weighted by molar-refractivity contribution is 7.18. The molecule has 0 saturated carbocycles. The van der Waals surface area contributed by atoms with Crippen molar-refractivity contribution in [3.05, 3.63) is 63.3 Å². The van der Waals surface area contributed by atoms with E-state index < -0.39 is 17.8 Å². The molecule has 0 aliphatic carbocycles. The minimum absolute atomic E-state index is 0.120. The number of hydrogen-bond acceptors (Lipinski definition) is 8. The zero-order chi connectivity index (χ0) is 24.8. The second kappa shape index (κ2) is 11.0. The Morgan fingerprint density at radius 2 is 1.79 bits per heavy atom. The summed E-state index contributed by atoms with van der Waals surface area (Å²) in [6.45, 7) is 7.80. The van der Waals surface area contributed by atoms with E-state index in [1.54, 1.807) is 13.1 Å². The molecular weight excluding hydrogens is 458 g/mol. The highest BCUT2D eigenvalue weighted by atomic mass is 32.1. The van der Waals surface area contributed by atoms with E-state index in [-0.39, 0.29) is 34.5 Å². The van der Waals surface area contributed by atoms with Gasteiger partial charge in [-0.1, -0.05) is 13.0 Å². The third kappa shape index (κ3) is 5.82. The molecule has 0 bridgehead atoms. The SMILES string of the molecule is CCCOC(=O)c1c(NC(=O)c2ccn(COc3cc(C)cc(C)c3)n2)sc(C(=O)OC)c1C. The van der Waals surface area contributed by atoms with Gasteiger partial charge in [-0.15, -0.1) is 11.3 Å². The predicted molar refractivity (Wildman–Crippen MR) is 128 cm³/mol. The van der Waals surface area contributed by atoms with Crippen LogP contribution in [0.5, 0.6) is 5.75 Å². The van der Waals surface area contributed by atoms with Gasteiger partial charge >= 0.3 is 11.9 Å². The molecule has 1 aromatic carbocycles. The summed E-state index contributed by atoms with van der Waals surface area (Å²) in [5.41, 5.74) is 2.82. The molecule has 0 aliphatic heterocycles. The Hall–Kier alpha value is -3.66. The van der Waals surface area contributed by atoms with Crippen molar-refractivity contribution >= 4 is 34.2 Å². The van der Waals surface area contributed by atoms with Gasteiger partial charge in [0, 0.05) is 6.20 Å². The Balaban J connectivity index is 1.76. The van der Waals surface area contributed by atoms with Crippen LogP contribution in [-0.2, 0) is 16.2 Å². The maximum Gasteiger partial charge on any atom is 0.348 e. The average Bonchev–Trinajstić information content (AvgIpc) is 3.39. The van der Waals surface area contributed by atoms with Crippen molar-refractivity contribution in [1.82, 2.24) is 9.78 Å². The van der Waals surface area contributed by atoms with Crippen LogP contribution in [0.2, 0.25) is 0 Å². The Labute approximate surface area is 201 Å². The van der Waals surface area contributed by atoms with Crippen molar-refractivity contribution < 1.29 is 28.6 Å². The molecule has 0 spiro atoms. The number of methoxy groups -OCH3 is 1. The van der Waals surface area contributed by atoms with E-state index in [1.807, 2.05) is 39.0 Å². The van der Waals surface area contributed by atoms with E-state index >= 15 is 0 Å². The molecule has 2 aromatic heterocycles. The van der Waals surface area contributed by atoms with Gasteiger partial charge in [0.2, 0.25) is 0 Å². The quantitative estimate of drug-likeness (QED) is 0.444. The molecule has 3 aromatic rings. The fourth-order valence-electron chi connectivity index (χ4n) is 3.28. The lowest BCUT2D eigenvalue weighted by molar-refractivity contribution is 0.0506. The molecule has 0 aliphatic rings. The smallest absolute Gasteiger partial charge is 0.348 e. The fourth-order valence-corrected chi connectivity index (χ4v) is 4.39. The van der Waals surface area contributed by atoms with Gasteiger partial charge in [-0.2, -0.15) is 5.10 Å². The van der Waals surface area contributed by atoms with Crippen LogP contribution in [0.15, 0.2) is 30.5 Å². The zero-order valence-electron chi connectivity index (χ0n) is 19.8. The van der Waals surface area contributed by atoms with Crippen molar-refractivity contribution in [3.63, 3.8) is 0 Å². The van der Waals surface area contributed by atoms with Crippen LogP contribution < -0.4 is 10.1 Å². The molecular formula is C24H27N3O6S. The second-order valence-corrected chi connectivity index (χ2v) is 8.70. The van der Waals surface area contributed by atoms with Gasteiger partial charge in [0.15, 0.2) is 12.4 Å². The van der Waals surface area contributed by atoms with Crippen molar-refractivity contribution in [2.75, 3.05) is 19.0 Å². The summed E-state index contributed by atoms with van der Waals surface area (Å²) in [7, 11) is 1.25. The first-order valence-corrected chi connectivity index (χ1v) is 11.5. The fraction of sp³-hybridized carbons (Fsp3) is 0.333. The van der Waals surface area contributed by atoms with Crippen LogP contribution >= 0.6 is 11.3 Å². The van der Waals surface area contributed by atoms with Gasteiger partial charge in [-0.25, -0.2) is 14.3 Å². The lowest BCUT2D eigenvalue weighted by Crippen LogP contribution is -2.16. The molecule has 2 heterocycles. The number of ether oxygens (including phenoxy) is 3. The first-order valence-electron chi connectivity index (χ1n) is 10.7. The normalized spacial score (nSPS) is 10.6. The number of aromatic nitrogens is 2. The molecule has 10 heteroatoms. The van der Waals surface area contributed by atoms with Crippen LogP contribution in [0, 0.1) is 20.8 Å². The van der Waals surface area contributed by atoms with E-state index in [2.05, 4.69) is 10.4 Å². The molecule has 0 saturated heterocycles. The summed E-state index contributed by atoms with van der Waals surface area (Å²) >= 11 is 0.954. The van der Waals surface area contributed by atoms with E-state index in [0.29, 0.717) is 17.7 Å². The molecule has 34 heavy (non-hydrogen) atoms. The molecule has 0 unspecified atom stereocenters. The number of carbonyl (C=O) groups is 3. The first kappa shape index (κ1) is 25.0. The van der Waals surface area contributed by atoms with Crippen molar-refractivity contribution in [3.8, 4) is 5.75 Å². The topological polar surface area (TPSA) is 109 Å².